The zero-order valence-electron chi connectivity index (χ0n) is 10.6. The smallest absolute Gasteiger partial charge is 1.00 e. The van der Waals surface area contributed by atoms with Crippen LogP contribution in [0.3, 0.4) is 0 Å². The van der Waals surface area contributed by atoms with Crippen LogP contribution in [0.1, 0.15) is 27.2 Å². The van der Waals surface area contributed by atoms with Gasteiger partial charge in [-0.3, -0.25) is 12.2 Å². The fourth-order valence-electron chi connectivity index (χ4n) is 1.24. The van der Waals surface area contributed by atoms with Crippen LogP contribution in [0.15, 0.2) is 35.5 Å². The Kier molecular flexibility index (Phi) is 19.0. The molecule has 0 heterocycles. The molecule has 0 fully saturated rings. The molecule has 0 aliphatic heterocycles. The van der Waals surface area contributed by atoms with E-state index in [1.54, 1.807) is 0 Å². The second-order valence-electron chi connectivity index (χ2n) is 3.48. The van der Waals surface area contributed by atoms with Gasteiger partial charge in [-0.05, 0) is 0 Å². The van der Waals surface area contributed by atoms with Crippen LogP contribution in [-0.4, -0.2) is 4.21 Å². The number of hydrogen-bond donors (Lipinski definition) is 0. The van der Waals surface area contributed by atoms with E-state index in [0.29, 0.717) is 5.92 Å². The Morgan fingerprint density at radius 1 is 1.29 bits per heavy atom. The molecule has 2 aliphatic rings. The first-order chi connectivity index (χ1) is 7.18. The van der Waals surface area contributed by atoms with E-state index >= 15 is 0 Å². The summed E-state index contributed by atoms with van der Waals surface area (Å²) in [5, 5.41) is 0. The molecule has 0 saturated carbocycles. The Balaban J connectivity index is -0.000000184. The summed E-state index contributed by atoms with van der Waals surface area (Å²) in [5.74, 6) is 0.556. The van der Waals surface area contributed by atoms with Crippen LogP contribution in [0.2, 0.25) is 0 Å². The zero-order chi connectivity index (χ0) is 11.7. The van der Waals surface area contributed by atoms with E-state index in [1.165, 1.54) is 35.4 Å². The van der Waals surface area contributed by atoms with Crippen LogP contribution < -0.4 is 24.8 Å². The molecule has 1 atom stereocenters. The van der Waals surface area contributed by atoms with Gasteiger partial charge in [0.2, 0.25) is 0 Å². The van der Waals surface area contributed by atoms with E-state index < -0.39 is 0 Å². The molecule has 0 aromatic carbocycles. The molecule has 0 aromatic heterocycles. The summed E-state index contributed by atoms with van der Waals surface area (Å²) < 4.78 is 3.34. The van der Waals surface area contributed by atoms with Crippen molar-refractivity contribution in [1.82, 2.24) is 0 Å². The number of rotatable bonds is 0. The Bertz CT molecular complexity index is 299. The number of allylic oxidation sites excluding steroid dienone is 8. The molecule has 0 bridgehead atoms. The second-order valence-corrected chi connectivity index (χ2v) is 3.48. The summed E-state index contributed by atoms with van der Waals surface area (Å²) in [6, 6.07) is 0. The summed E-state index contributed by atoms with van der Waals surface area (Å²) in [6.45, 7) is 6.28. The van der Waals surface area contributed by atoms with Crippen LogP contribution in [0, 0.1) is 18.1 Å². The van der Waals surface area contributed by atoms with Gasteiger partial charge in [0, 0.05) is 0 Å². The van der Waals surface area contributed by atoms with Crippen LogP contribution in [0.25, 0.3) is 0 Å². The van der Waals surface area contributed by atoms with Crippen LogP contribution in [-0.2, 0) is 24.2 Å². The maximum absolute atomic E-state index is 3.34. The standard InChI is InChI=1S/C7H9.C6H7.CH2.2ClH.Zr/c1-6-3-4-7(2)5-6;1-6-4-2-3-5-6;;;;/h3-4,6H,1-2H3;4-5H,2H2,1H3;1H2;2*1H;/q2*-1;;;;+2/p-2. The van der Waals surface area contributed by atoms with E-state index in [0.717, 1.165) is 6.42 Å². The summed E-state index contributed by atoms with van der Waals surface area (Å²) >= 11 is 1.30. The third-order valence-corrected chi connectivity index (χ3v) is 1.96. The van der Waals surface area contributed by atoms with Crippen molar-refractivity contribution in [2.75, 3.05) is 0 Å². The fraction of sp³-hybridized carbons (Fsp3) is 0.357. The molecular weight excluding hydrogens is 330 g/mol. The molecule has 0 saturated heterocycles. The van der Waals surface area contributed by atoms with Gasteiger partial charge in [-0.2, -0.15) is 12.2 Å². The number of hydrogen-bond acceptors (Lipinski definition) is 0. The molecule has 0 amide bonds. The molecular formula is C14H18Cl2Zr-2. The van der Waals surface area contributed by atoms with E-state index in [9.17, 15) is 0 Å². The Hall–Kier alpha value is 0.293. The summed E-state index contributed by atoms with van der Waals surface area (Å²) in [7, 11) is 0. The minimum Gasteiger partial charge on any atom is -1.00 e. The monoisotopic (exact) mass is 346 g/mol. The summed E-state index contributed by atoms with van der Waals surface area (Å²) in [5.41, 5.74) is 2.61. The van der Waals surface area contributed by atoms with Crippen LogP contribution >= 0.6 is 0 Å². The molecule has 3 heteroatoms. The van der Waals surface area contributed by atoms with Gasteiger partial charge in [-0.15, -0.1) is 13.3 Å². The third-order valence-electron chi connectivity index (χ3n) is 1.96. The molecule has 2 rings (SSSR count). The summed E-state index contributed by atoms with van der Waals surface area (Å²) in [6.07, 6.45) is 15.7. The van der Waals surface area contributed by atoms with Gasteiger partial charge in [0.1, 0.15) is 0 Å². The Morgan fingerprint density at radius 3 is 2.00 bits per heavy atom. The molecule has 94 valence electrons. The van der Waals surface area contributed by atoms with E-state index in [1.807, 2.05) is 6.08 Å². The van der Waals surface area contributed by atoms with Gasteiger partial charge in [-0.1, -0.05) is 19.8 Å². The quantitative estimate of drug-likeness (QED) is 0.429. The van der Waals surface area contributed by atoms with Crippen molar-refractivity contribution < 1.29 is 49.0 Å². The van der Waals surface area contributed by atoms with Gasteiger partial charge >= 0.3 is 28.4 Å². The predicted molar refractivity (Wildman–Crippen MR) is 64.0 cm³/mol. The van der Waals surface area contributed by atoms with Crippen molar-refractivity contribution in [3.8, 4) is 0 Å². The molecule has 17 heavy (non-hydrogen) atoms. The first-order valence-electron chi connectivity index (χ1n) is 5.05. The Morgan fingerprint density at radius 2 is 1.88 bits per heavy atom. The van der Waals surface area contributed by atoms with Crippen molar-refractivity contribution in [1.29, 1.82) is 0 Å². The number of halogens is 2. The van der Waals surface area contributed by atoms with Crippen molar-refractivity contribution in [2.45, 2.75) is 27.2 Å². The van der Waals surface area contributed by atoms with Gasteiger partial charge in [0.05, 0.1) is 0 Å². The maximum Gasteiger partial charge on any atom is -1.00 e. The molecule has 1 unspecified atom stereocenters. The molecule has 0 spiro atoms. The first-order valence-corrected chi connectivity index (χ1v) is 6.79. The zero-order valence-corrected chi connectivity index (χ0v) is 14.5. The fourth-order valence-corrected chi connectivity index (χ4v) is 1.24. The van der Waals surface area contributed by atoms with Crippen molar-refractivity contribution >= 4 is 4.21 Å². The minimum absolute atomic E-state index is 0. The van der Waals surface area contributed by atoms with Crippen molar-refractivity contribution in [3.05, 3.63) is 47.6 Å². The third kappa shape index (κ3) is 12.5. The van der Waals surface area contributed by atoms with Gasteiger partial charge in [0.15, 0.2) is 0 Å². The maximum atomic E-state index is 3.34. The molecule has 0 radical (unpaired) electrons. The van der Waals surface area contributed by atoms with Crippen molar-refractivity contribution in [3.63, 3.8) is 0 Å². The average Bonchev–Trinajstić information content (AvgIpc) is 2.82. The van der Waals surface area contributed by atoms with Gasteiger partial charge in [-0.25, -0.2) is 23.3 Å². The van der Waals surface area contributed by atoms with E-state index in [2.05, 4.69) is 55.4 Å². The van der Waals surface area contributed by atoms with Crippen LogP contribution in [0.5, 0.6) is 0 Å². The minimum atomic E-state index is 0. The Labute approximate surface area is 133 Å². The summed E-state index contributed by atoms with van der Waals surface area (Å²) in [4.78, 5) is 0. The first kappa shape index (κ1) is 22.5. The van der Waals surface area contributed by atoms with Gasteiger partial charge in [0.25, 0.3) is 0 Å². The van der Waals surface area contributed by atoms with Crippen LogP contribution in [0.4, 0.5) is 0 Å². The van der Waals surface area contributed by atoms with E-state index in [-0.39, 0.29) is 24.8 Å². The molecule has 0 N–H and O–H groups in total. The molecule has 0 nitrogen and oxygen atoms in total. The normalized spacial score (nSPS) is 18.5. The molecule has 2 aliphatic carbocycles. The van der Waals surface area contributed by atoms with Crippen molar-refractivity contribution in [2.24, 2.45) is 5.92 Å². The average molecular weight is 348 g/mol. The molecule has 0 aromatic rings. The second kappa shape index (κ2) is 14.4. The van der Waals surface area contributed by atoms with E-state index in [4.69, 9.17) is 0 Å². The topological polar surface area (TPSA) is 0 Å². The SMILES string of the molecule is CC1=CC[C-]=C1.CC1=[C-]C(C)C=C1.[CH2]=[Zr+2].[Cl-].[Cl-]. The predicted octanol–water partition coefficient (Wildman–Crippen LogP) is -2.39. The largest absolute Gasteiger partial charge is 1.00 e. The van der Waals surface area contributed by atoms with Gasteiger partial charge < -0.3 is 24.8 Å².